The minimum Gasteiger partial charge on any atom is -0.344 e. The first-order valence-electron chi connectivity index (χ1n) is 9.56. The molecule has 0 atom stereocenters. The quantitative estimate of drug-likeness (QED) is 0.440. The molecule has 1 aliphatic heterocycles. The number of aromatic nitrogens is 1. The summed E-state index contributed by atoms with van der Waals surface area (Å²) in [5, 5.41) is 5.30. The molecule has 2 aromatic carbocycles. The Morgan fingerprint density at radius 2 is 1.88 bits per heavy atom. The van der Waals surface area contributed by atoms with Crippen LogP contribution in [-0.4, -0.2) is 23.1 Å². The van der Waals surface area contributed by atoms with E-state index in [1.807, 2.05) is 11.3 Å². The van der Waals surface area contributed by atoms with Crippen molar-refractivity contribution in [2.75, 3.05) is 13.6 Å². The Morgan fingerprint density at radius 1 is 1.04 bits per heavy atom. The van der Waals surface area contributed by atoms with Crippen LogP contribution in [0.1, 0.15) is 24.6 Å². The number of nitrogens with zero attached hydrogens (tertiary/aromatic N) is 2. The highest BCUT2D eigenvalue weighted by atomic mass is 32.1. The second-order valence-electron chi connectivity index (χ2n) is 7.41. The van der Waals surface area contributed by atoms with Gasteiger partial charge in [-0.1, -0.05) is 37.3 Å². The summed E-state index contributed by atoms with van der Waals surface area (Å²) in [5.74, 6) is 0. The molecular formula is C23H24N2S. The van der Waals surface area contributed by atoms with Crippen molar-refractivity contribution in [2.45, 2.75) is 32.9 Å². The third-order valence-electron chi connectivity index (χ3n) is 5.68. The second-order valence-corrected chi connectivity index (χ2v) is 8.32. The van der Waals surface area contributed by atoms with Crippen molar-refractivity contribution in [3.63, 3.8) is 0 Å². The first kappa shape index (κ1) is 16.1. The highest BCUT2D eigenvalue weighted by molar-refractivity contribution is 7.18. The summed E-state index contributed by atoms with van der Waals surface area (Å²) < 4.78 is 4.00. The SMILES string of the molecule is CCCn1c2c(c3c4c(-c5ccccc5)csc4ccc31)CN(C)CC2. The number of thiophene rings is 1. The van der Waals surface area contributed by atoms with E-state index in [1.165, 1.54) is 38.5 Å². The Hall–Kier alpha value is -2.10. The molecular weight excluding hydrogens is 336 g/mol. The van der Waals surface area contributed by atoms with E-state index in [2.05, 4.69) is 71.3 Å². The standard InChI is InChI=1S/C23H24N2S/c1-3-12-25-19-11-13-24(2)14-17(19)22-20(25)9-10-21-23(22)18(15-26-21)16-7-5-4-6-8-16/h4-10,15H,3,11-14H2,1-2H3. The molecule has 0 amide bonds. The van der Waals surface area contributed by atoms with Crippen molar-refractivity contribution in [3.8, 4) is 11.1 Å². The molecule has 0 radical (unpaired) electrons. The fourth-order valence-electron chi connectivity index (χ4n) is 4.51. The van der Waals surface area contributed by atoms with Crippen molar-refractivity contribution in [2.24, 2.45) is 0 Å². The molecule has 4 aromatic rings. The van der Waals surface area contributed by atoms with Gasteiger partial charge in [0.05, 0.1) is 0 Å². The molecule has 26 heavy (non-hydrogen) atoms. The van der Waals surface area contributed by atoms with Crippen LogP contribution in [0.15, 0.2) is 47.8 Å². The lowest BCUT2D eigenvalue weighted by Crippen LogP contribution is -2.27. The van der Waals surface area contributed by atoms with Gasteiger partial charge >= 0.3 is 0 Å². The van der Waals surface area contributed by atoms with Crippen molar-refractivity contribution >= 4 is 32.3 Å². The number of hydrogen-bond acceptors (Lipinski definition) is 2. The molecule has 0 unspecified atom stereocenters. The largest absolute Gasteiger partial charge is 0.344 e. The topological polar surface area (TPSA) is 8.17 Å². The number of fused-ring (bicyclic) bond motifs is 5. The van der Waals surface area contributed by atoms with Gasteiger partial charge in [0.2, 0.25) is 0 Å². The Bertz CT molecular complexity index is 1090. The smallest absolute Gasteiger partial charge is 0.0493 e. The molecule has 0 aliphatic carbocycles. The lowest BCUT2D eigenvalue weighted by molar-refractivity contribution is 0.309. The van der Waals surface area contributed by atoms with Crippen LogP contribution in [0.5, 0.6) is 0 Å². The average Bonchev–Trinajstić information content (AvgIpc) is 3.22. The van der Waals surface area contributed by atoms with Crippen LogP contribution in [0.25, 0.3) is 32.1 Å². The molecule has 5 rings (SSSR count). The van der Waals surface area contributed by atoms with Gasteiger partial charge in [0.25, 0.3) is 0 Å². The van der Waals surface area contributed by atoms with Gasteiger partial charge in [-0.05, 0) is 42.1 Å². The van der Waals surface area contributed by atoms with Gasteiger partial charge in [0, 0.05) is 58.3 Å². The molecule has 0 saturated heterocycles. The van der Waals surface area contributed by atoms with Gasteiger partial charge in [0.1, 0.15) is 0 Å². The average molecular weight is 361 g/mol. The predicted octanol–water partition coefficient (Wildman–Crippen LogP) is 5.92. The normalized spacial score (nSPS) is 15.0. The summed E-state index contributed by atoms with van der Waals surface area (Å²) in [5.41, 5.74) is 7.27. The lowest BCUT2D eigenvalue weighted by atomic mass is 9.98. The van der Waals surface area contributed by atoms with Gasteiger partial charge in [0.15, 0.2) is 0 Å². The van der Waals surface area contributed by atoms with E-state index in [1.54, 1.807) is 11.3 Å². The van der Waals surface area contributed by atoms with E-state index in [0.29, 0.717) is 0 Å². The third kappa shape index (κ3) is 2.34. The Balaban J connectivity index is 1.89. The van der Waals surface area contributed by atoms with Crippen LogP contribution >= 0.6 is 11.3 Å². The summed E-state index contributed by atoms with van der Waals surface area (Å²) in [6, 6.07) is 15.5. The summed E-state index contributed by atoms with van der Waals surface area (Å²) in [4.78, 5) is 2.46. The minimum absolute atomic E-state index is 1.06. The molecule has 0 N–H and O–H groups in total. The first-order valence-corrected chi connectivity index (χ1v) is 10.4. The van der Waals surface area contributed by atoms with Crippen LogP contribution < -0.4 is 0 Å². The fraction of sp³-hybridized carbons (Fsp3) is 0.304. The van der Waals surface area contributed by atoms with E-state index in [-0.39, 0.29) is 0 Å². The number of aryl methyl sites for hydroxylation is 1. The summed E-state index contributed by atoms with van der Waals surface area (Å²) in [6.07, 6.45) is 2.34. The summed E-state index contributed by atoms with van der Waals surface area (Å²) >= 11 is 1.87. The molecule has 0 saturated carbocycles. The number of rotatable bonds is 3. The monoisotopic (exact) mass is 360 g/mol. The maximum absolute atomic E-state index is 2.60. The highest BCUT2D eigenvalue weighted by Crippen LogP contribution is 2.43. The Labute approximate surface area is 158 Å². The Morgan fingerprint density at radius 3 is 2.69 bits per heavy atom. The lowest BCUT2D eigenvalue weighted by Gasteiger charge is -2.24. The van der Waals surface area contributed by atoms with E-state index in [0.717, 1.165) is 26.1 Å². The zero-order valence-corrected chi connectivity index (χ0v) is 16.3. The van der Waals surface area contributed by atoms with E-state index >= 15 is 0 Å². The molecule has 0 spiro atoms. The first-order chi connectivity index (χ1) is 12.8. The van der Waals surface area contributed by atoms with Crippen molar-refractivity contribution in [1.82, 2.24) is 9.47 Å². The highest BCUT2D eigenvalue weighted by Gasteiger charge is 2.24. The van der Waals surface area contributed by atoms with E-state index in [4.69, 9.17) is 0 Å². The van der Waals surface area contributed by atoms with Crippen LogP contribution in [0.3, 0.4) is 0 Å². The summed E-state index contributed by atoms with van der Waals surface area (Å²) in [7, 11) is 2.25. The third-order valence-corrected chi connectivity index (χ3v) is 6.62. The number of likely N-dealkylation sites (N-methyl/N-ethyl adjacent to an activating group) is 1. The molecule has 2 aromatic heterocycles. The predicted molar refractivity (Wildman–Crippen MR) is 113 cm³/mol. The molecule has 2 nitrogen and oxygen atoms in total. The van der Waals surface area contributed by atoms with Crippen LogP contribution in [0.2, 0.25) is 0 Å². The van der Waals surface area contributed by atoms with Crippen molar-refractivity contribution in [3.05, 3.63) is 59.1 Å². The zero-order valence-electron chi connectivity index (χ0n) is 15.5. The van der Waals surface area contributed by atoms with Crippen LogP contribution in [0, 0.1) is 0 Å². The van der Waals surface area contributed by atoms with Gasteiger partial charge in [-0.25, -0.2) is 0 Å². The van der Waals surface area contributed by atoms with Gasteiger partial charge in [-0.2, -0.15) is 0 Å². The molecule has 3 heterocycles. The number of hydrogen-bond donors (Lipinski definition) is 0. The van der Waals surface area contributed by atoms with Gasteiger partial charge in [-0.15, -0.1) is 11.3 Å². The minimum atomic E-state index is 1.06. The molecule has 0 bridgehead atoms. The maximum Gasteiger partial charge on any atom is 0.0493 e. The maximum atomic E-state index is 2.60. The van der Waals surface area contributed by atoms with Crippen LogP contribution in [-0.2, 0) is 19.5 Å². The molecule has 1 aliphatic rings. The second kappa shape index (κ2) is 6.26. The van der Waals surface area contributed by atoms with E-state index < -0.39 is 0 Å². The van der Waals surface area contributed by atoms with Gasteiger partial charge < -0.3 is 9.47 Å². The molecule has 132 valence electrons. The molecule has 3 heteroatoms. The summed E-state index contributed by atoms with van der Waals surface area (Å²) in [6.45, 7) is 5.62. The Kier molecular flexibility index (Phi) is 3.87. The van der Waals surface area contributed by atoms with Crippen molar-refractivity contribution in [1.29, 1.82) is 0 Å². The molecule has 0 fully saturated rings. The van der Waals surface area contributed by atoms with Crippen LogP contribution in [0.4, 0.5) is 0 Å². The van der Waals surface area contributed by atoms with Gasteiger partial charge in [-0.3, -0.25) is 0 Å². The van der Waals surface area contributed by atoms with E-state index in [9.17, 15) is 0 Å². The van der Waals surface area contributed by atoms with Crippen molar-refractivity contribution < 1.29 is 0 Å². The number of benzene rings is 2. The fourth-order valence-corrected chi connectivity index (χ4v) is 5.49. The zero-order chi connectivity index (χ0) is 17.7.